The van der Waals surface area contributed by atoms with Crippen LogP contribution in [0.2, 0.25) is 0 Å². The molecule has 3 heterocycles. The average molecular weight is 413 g/mol. The predicted molar refractivity (Wildman–Crippen MR) is 118 cm³/mol. The van der Waals surface area contributed by atoms with Gasteiger partial charge in [-0.2, -0.15) is 0 Å². The van der Waals surface area contributed by atoms with Crippen LogP contribution in [-0.2, 0) is 16.1 Å². The van der Waals surface area contributed by atoms with Crippen molar-refractivity contribution in [2.75, 3.05) is 46.4 Å². The molecule has 162 valence electrons. The lowest BCUT2D eigenvalue weighted by molar-refractivity contribution is -0.142. The highest BCUT2D eigenvalue weighted by Crippen LogP contribution is 2.17. The average Bonchev–Trinajstić information content (AvgIpc) is 3.42. The summed E-state index contributed by atoms with van der Waals surface area (Å²) in [5.41, 5.74) is 2.24. The minimum Gasteiger partial charge on any atom is -0.368 e. The minimum absolute atomic E-state index is 0.151. The zero-order chi connectivity index (χ0) is 20.9. The number of carbonyl (C=O) groups excluding carboxylic acids is 1. The van der Waals surface area contributed by atoms with Crippen molar-refractivity contribution in [1.82, 2.24) is 24.7 Å². The number of para-hydroxylation sites is 2. The zero-order valence-electron chi connectivity index (χ0n) is 18.0. The lowest BCUT2D eigenvalue weighted by Gasteiger charge is -2.37. The van der Waals surface area contributed by atoms with E-state index in [-0.39, 0.29) is 12.0 Å². The standard InChI is InChI=1S/C22H32N6O2/c1-17-25-18-7-3-4-8-19(18)28(17)11-6-10-24-22(23-2)27-14-12-26(13-15-27)21(29)20-9-5-16-30-20/h3-4,7-8,20H,5-6,9-16H2,1-2H3,(H,23,24). The van der Waals surface area contributed by atoms with E-state index in [0.717, 1.165) is 75.8 Å². The smallest absolute Gasteiger partial charge is 0.251 e. The molecule has 0 saturated carbocycles. The first-order chi connectivity index (χ1) is 14.7. The lowest BCUT2D eigenvalue weighted by Crippen LogP contribution is -2.55. The van der Waals surface area contributed by atoms with Crippen molar-refractivity contribution in [2.45, 2.75) is 38.8 Å². The maximum atomic E-state index is 12.5. The molecule has 2 aromatic rings. The number of carbonyl (C=O) groups is 1. The second kappa shape index (κ2) is 9.47. The van der Waals surface area contributed by atoms with Gasteiger partial charge in [-0.15, -0.1) is 0 Å². The molecular formula is C22H32N6O2. The van der Waals surface area contributed by atoms with E-state index < -0.39 is 0 Å². The monoisotopic (exact) mass is 412 g/mol. The Labute approximate surface area is 177 Å². The van der Waals surface area contributed by atoms with Gasteiger partial charge >= 0.3 is 0 Å². The van der Waals surface area contributed by atoms with Gasteiger partial charge in [-0.1, -0.05) is 12.1 Å². The molecule has 0 bridgehead atoms. The first kappa shape index (κ1) is 20.7. The molecule has 1 atom stereocenters. The number of aromatic nitrogens is 2. The molecule has 2 fully saturated rings. The predicted octanol–water partition coefficient (Wildman–Crippen LogP) is 1.63. The molecule has 0 spiro atoms. The van der Waals surface area contributed by atoms with E-state index in [2.05, 4.69) is 49.9 Å². The van der Waals surface area contributed by atoms with Crippen molar-refractivity contribution in [1.29, 1.82) is 0 Å². The molecule has 4 rings (SSSR count). The van der Waals surface area contributed by atoms with Gasteiger partial charge in [0.2, 0.25) is 0 Å². The van der Waals surface area contributed by atoms with Crippen LogP contribution in [0, 0.1) is 6.92 Å². The summed E-state index contributed by atoms with van der Waals surface area (Å²) in [4.78, 5) is 25.8. The molecule has 1 N–H and O–H groups in total. The van der Waals surface area contributed by atoms with Crippen LogP contribution in [0.1, 0.15) is 25.1 Å². The number of guanidine groups is 1. The molecular weight excluding hydrogens is 380 g/mol. The zero-order valence-corrected chi connectivity index (χ0v) is 18.0. The van der Waals surface area contributed by atoms with Gasteiger partial charge in [-0.25, -0.2) is 4.98 Å². The van der Waals surface area contributed by atoms with E-state index >= 15 is 0 Å². The van der Waals surface area contributed by atoms with E-state index in [1.807, 2.05) is 18.0 Å². The number of fused-ring (bicyclic) bond motifs is 1. The van der Waals surface area contributed by atoms with E-state index in [9.17, 15) is 4.79 Å². The number of amides is 1. The third-order valence-corrected chi connectivity index (χ3v) is 5.99. The quantitative estimate of drug-likeness (QED) is 0.459. The van der Waals surface area contributed by atoms with Crippen molar-refractivity contribution in [3.05, 3.63) is 30.1 Å². The number of hydrogen-bond acceptors (Lipinski definition) is 4. The molecule has 2 saturated heterocycles. The number of nitrogens with zero attached hydrogens (tertiary/aromatic N) is 5. The number of nitrogens with one attached hydrogen (secondary N) is 1. The van der Waals surface area contributed by atoms with Gasteiger partial charge in [-0.3, -0.25) is 9.79 Å². The fraction of sp³-hybridized carbons (Fsp3) is 0.591. The van der Waals surface area contributed by atoms with Crippen molar-refractivity contribution < 1.29 is 9.53 Å². The summed E-state index contributed by atoms with van der Waals surface area (Å²) < 4.78 is 7.82. The van der Waals surface area contributed by atoms with Crippen LogP contribution < -0.4 is 5.32 Å². The van der Waals surface area contributed by atoms with Crippen LogP contribution in [-0.4, -0.2) is 83.7 Å². The van der Waals surface area contributed by atoms with Crippen molar-refractivity contribution >= 4 is 22.9 Å². The second-order valence-corrected chi connectivity index (χ2v) is 7.94. The van der Waals surface area contributed by atoms with Crippen molar-refractivity contribution in [2.24, 2.45) is 4.99 Å². The Hall–Kier alpha value is -2.61. The number of piperazine rings is 1. The molecule has 0 aliphatic carbocycles. The Morgan fingerprint density at radius 2 is 2.00 bits per heavy atom. The highest BCUT2D eigenvalue weighted by molar-refractivity contribution is 5.82. The summed E-state index contributed by atoms with van der Waals surface area (Å²) in [5, 5.41) is 3.48. The Morgan fingerprint density at radius 3 is 2.73 bits per heavy atom. The Morgan fingerprint density at radius 1 is 1.23 bits per heavy atom. The Balaban J connectivity index is 1.23. The summed E-state index contributed by atoms with van der Waals surface area (Å²) in [6.07, 6.45) is 2.60. The number of benzene rings is 1. The molecule has 8 heteroatoms. The summed E-state index contributed by atoms with van der Waals surface area (Å²) in [5.74, 6) is 2.11. The Bertz CT molecular complexity index is 894. The van der Waals surface area contributed by atoms with E-state index in [1.165, 1.54) is 5.52 Å². The van der Waals surface area contributed by atoms with Gasteiger partial charge in [0.15, 0.2) is 5.96 Å². The molecule has 30 heavy (non-hydrogen) atoms. The van der Waals surface area contributed by atoms with Gasteiger partial charge in [0.05, 0.1) is 11.0 Å². The summed E-state index contributed by atoms with van der Waals surface area (Å²) in [7, 11) is 1.82. The fourth-order valence-corrected chi connectivity index (χ4v) is 4.36. The largest absolute Gasteiger partial charge is 0.368 e. The number of imidazole rings is 1. The molecule has 1 unspecified atom stereocenters. The van der Waals surface area contributed by atoms with Crippen LogP contribution in [0.3, 0.4) is 0 Å². The van der Waals surface area contributed by atoms with E-state index in [1.54, 1.807) is 0 Å². The minimum atomic E-state index is -0.225. The molecule has 1 aromatic heterocycles. The molecule has 1 amide bonds. The van der Waals surface area contributed by atoms with Crippen LogP contribution >= 0.6 is 0 Å². The second-order valence-electron chi connectivity index (χ2n) is 7.94. The van der Waals surface area contributed by atoms with Gasteiger partial charge < -0.3 is 24.4 Å². The van der Waals surface area contributed by atoms with E-state index in [0.29, 0.717) is 6.61 Å². The van der Waals surface area contributed by atoms with Gasteiger partial charge in [0.1, 0.15) is 11.9 Å². The molecule has 1 aromatic carbocycles. The third kappa shape index (κ3) is 4.43. The van der Waals surface area contributed by atoms with Crippen LogP contribution in [0.5, 0.6) is 0 Å². The van der Waals surface area contributed by atoms with Crippen LogP contribution in [0.4, 0.5) is 0 Å². The van der Waals surface area contributed by atoms with Crippen LogP contribution in [0.25, 0.3) is 11.0 Å². The SMILES string of the molecule is CN=C(NCCCn1c(C)nc2ccccc21)N1CCN(C(=O)C2CCCO2)CC1. The number of ether oxygens (including phenoxy) is 1. The van der Waals surface area contributed by atoms with E-state index in [4.69, 9.17) is 4.74 Å². The lowest BCUT2D eigenvalue weighted by atomic mass is 10.2. The number of rotatable bonds is 5. The van der Waals surface area contributed by atoms with Crippen molar-refractivity contribution in [3.63, 3.8) is 0 Å². The molecule has 2 aliphatic rings. The van der Waals surface area contributed by atoms with Gasteiger partial charge in [0.25, 0.3) is 5.91 Å². The first-order valence-electron chi connectivity index (χ1n) is 10.9. The molecule has 2 aliphatic heterocycles. The highest BCUT2D eigenvalue weighted by Gasteiger charge is 2.30. The fourth-order valence-electron chi connectivity index (χ4n) is 4.36. The molecule has 0 radical (unpaired) electrons. The summed E-state index contributed by atoms with van der Waals surface area (Å²) >= 11 is 0. The van der Waals surface area contributed by atoms with Crippen LogP contribution in [0.15, 0.2) is 29.3 Å². The normalized spacial score (nSPS) is 20.2. The number of aryl methyl sites for hydroxylation is 2. The third-order valence-electron chi connectivity index (χ3n) is 5.99. The topological polar surface area (TPSA) is 75.0 Å². The highest BCUT2D eigenvalue weighted by atomic mass is 16.5. The first-order valence-corrected chi connectivity index (χ1v) is 10.9. The number of aliphatic imine (C=N–C) groups is 1. The Kier molecular flexibility index (Phi) is 6.52. The summed E-state index contributed by atoms with van der Waals surface area (Å²) in [6, 6.07) is 8.27. The van der Waals surface area contributed by atoms with Gasteiger partial charge in [-0.05, 0) is 38.3 Å². The maximum absolute atomic E-state index is 12.5. The maximum Gasteiger partial charge on any atom is 0.251 e. The summed E-state index contributed by atoms with van der Waals surface area (Å²) in [6.45, 7) is 7.56. The molecule has 8 nitrogen and oxygen atoms in total. The number of hydrogen-bond donors (Lipinski definition) is 1. The van der Waals surface area contributed by atoms with Crippen molar-refractivity contribution in [3.8, 4) is 0 Å². The van der Waals surface area contributed by atoms with Gasteiger partial charge in [0, 0.05) is 52.9 Å².